The Morgan fingerprint density at radius 1 is 1.13 bits per heavy atom. The van der Waals surface area contributed by atoms with E-state index in [2.05, 4.69) is 0 Å². The van der Waals surface area contributed by atoms with E-state index in [0.717, 1.165) is 21.8 Å². The van der Waals surface area contributed by atoms with Crippen LogP contribution in [0.3, 0.4) is 0 Å². The van der Waals surface area contributed by atoms with E-state index in [1.807, 2.05) is 30.3 Å². The SMILES string of the molecule is COC(=O)Cn1c2c(sc1=O)C(c1ccc3c(c1)OCO3)CC(=O)N2c1ccccc1. The van der Waals surface area contributed by atoms with Crippen LogP contribution in [-0.4, -0.2) is 30.3 Å². The molecule has 31 heavy (non-hydrogen) atoms. The lowest BCUT2D eigenvalue weighted by Crippen LogP contribution is -2.36. The van der Waals surface area contributed by atoms with Crippen LogP contribution in [0.1, 0.15) is 22.8 Å². The number of esters is 1. The first-order chi connectivity index (χ1) is 15.1. The normalized spacial score (nSPS) is 16.9. The average molecular weight is 438 g/mol. The van der Waals surface area contributed by atoms with Crippen molar-refractivity contribution in [1.29, 1.82) is 0 Å². The Morgan fingerprint density at radius 2 is 1.90 bits per heavy atom. The van der Waals surface area contributed by atoms with E-state index < -0.39 is 5.97 Å². The lowest BCUT2D eigenvalue weighted by atomic mass is 9.90. The summed E-state index contributed by atoms with van der Waals surface area (Å²) in [5.74, 6) is 0.594. The molecule has 1 atom stereocenters. The van der Waals surface area contributed by atoms with Crippen LogP contribution in [0.5, 0.6) is 11.5 Å². The van der Waals surface area contributed by atoms with Gasteiger partial charge in [0, 0.05) is 12.3 Å². The second-order valence-corrected chi connectivity index (χ2v) is 8.15. The topological polar surface area (TPSA) is 87.1 Å². The fourth-order valence-electron chi connectivity index (χ4n) is 3.92. The number of benzene rings is 2. The van der Waals surface area contributed by atoms with E-state index in [-0.39, 0.29) is 36.5 Å². The molecule has 2 aliphatic heterocycles. The molecule has 1 unspecified atom stereocenters. The first-order valence-corrected chi connectivity index (χ1v) is 10.5. The van der Waals surface area contributed by atoms with Crippen LogP contribution in [0.2, 0.25) is 0 Å². The first-order valence-electron chi connectivity index (χ1n) is 9.64. The molecule has 8 nitrogen and oxygen atoms in total. The number of methoxy groups -OCH3 is 1. The third-order valence-corrected chi connectivity index (χ3v) is 6.46. The molecule has 1 amide bonds. The molecule has 0 saturated carbocycles. The van der Waals surface area contributed by atoms with Gasteiger partial charge in [0.25, 0.3) is 0 Å². The van der Waals surface area contributed by atoms with E-state index in [0.29, 0.717) is 23.0 Å². The van der Waals surface area contributed by atoms with Crippen molar-refractivity contribution in [2.24, 2.45) is 0 Å². The largest absolute Gasteiger partial charge is 0.468 e. The fourth-order valence-corrected chi connectivity index (χ4v) is 5.03. The molecule has 0 saturated heterocycles. The molecule has 0 fully saturated rings. The van der Waals surface area contributed by atoms with Crippen molar-refractivity contribution >= 4 is 34.7 Å². The van der Waals surface area contributed by atoms with Gasteiger partial charge >= 0.3 is 10.8 Å². The number of anilines is 2. The van der Waals surface area contributed by atoms with Crippen molar-refractivity contribution in [1.82, 2.24) is 4.57 Å². The van der Waals surface area contributed by atoms with Crippen molar-refractivity contribution in [3.8, 4) is 11.5 Å². The van der Waals surface area contributed by atoms with Crippen LogP contribution in [0, 0.1) is 0 Å². The van der Waals surface area contributed by atoms with Gasteiger partial charge in [-0.1, -0.05) is 35.6 Å². The number of ether oxygens (including phenoxy) is 3. The zero-order valence-electron chi connectivity index (χ0n) is 16.6. The van der Waals surface area contributed by atoms with E-state index in [9.17, 15) is 14.4 Å². The zero-order chi connectivity index (χ0) is 21.5. The predicted octanol–water partition coefficient (Wildman–Crippen LogP) is 3.01. The van der Waals surface area contributed by atoms with Gasteiger partial charge in [-0.2, -0.15) is 0 Å². The highest BCUT2D eigenvalue weighted by Crippen LogP contribution is 2.46. The molecule has 0 aliphatic carbocycles. The second-order valence-electron chi connectivity index (χ2n) is 7.15. The summed E-state index contributed by atoms with van der Waals surface area (Å²) in [5, 5.41) is 0. The lowest BCUT2D eigenvalue weighted by molar-refractivity contribution is -0.141. The monoisotopic (exact) mass is 438 g/mol. The van der Waals surface area contributed by atoms with Gasteiger partial charge in [0.1, 0.15) is 12.4 Å². The molecule has 2 aromatic carbocycles. The number of aromatic nitrogens is 1. The van der Waals surface area contributed by atoms with Crippen LogP contribution >= 0.6 is 11.3 Å². The number of thiazole rings is 1. The van der Waals surface area contributed by atoms with E-state index in [4.69, 9.17) is 14.2 Å². The van der Waals surface area contributed by atoms with Crippen LogP contribution < -0.4 is 19.2 Å². The van der Waals surface area contributed by atoms with Crippen molar-refractivity contribution in [3.05, 3.63) is 68.6 Å². The van der Waals surface area contributed by atoms with Crippen molar-refractivity contribution in [2.45, 2.75) is 18.9 Å². The molecule has 0 radical (unpaired) electrons. The molecule has 0 spiro atoms. The van der Waals surface area contributed by atoms with Gasteiger partial charge in [0.15, 0.2) is 11.5 Å². The van der Waals surface area contributed by atoms with Crippen molar-refractivity contribution in [3.63, 3.8) is 0 Å². The van der Waals surface area contributed by atoms with Gasteiger partial charge in [-0.25, -0.2) is 0 Å². The number of carbonyl (C=O) groups excluding carboxylic acids is 2. The number of nitrogens with zero attached hydrogens (tertiary/aromatic N) is 2. The number of para-hydroxylation sites is 1. The van der Waals surface area contributed by atoms with Crippen LogP contribution in [0.15, 0.2) is 53.3 Å². The first kappa shape index (κ1) is 19.4. The van der Waals surface area contributed by atoms with Gasteiger partial charge in [0.2, 0.25) is 12.7 Å². The number of hydrogen-bond acceptors (Lipinski definition) is 7. The molecular formula is C22H18N2O6S. The van der Waals surface area contributed by atoms with Crippen LogP contribution in [0.25, 0.3) is 0 Å². The minimum absolute atomic E-state index is 0.151. The third-order valence-electron chi connectivity index (χ3n) is 5.38. The maximum atomic E-state index is 13.3. The number of amides is 1. The minimum atomic E-state index is -0.562. The summed E-state index contributed by atoms with van der Waals surface area (Å²) in [6, 6.07) is 14.6. The van der Waals surface area contributed by atoms with Gasteiger partial charge in [-0.3, -0.25) is 23.9 Å². The lowest BCUT2D eigenvalue weighted by Gasteiger charge is -2.32. The van der Waals surface area contributed by atoms with Crippen molar-refractivity contribution < 1.29 is 23.8 Å². The molecule has 3 heterocycles. The van der Waals surface area contributed by atoms with Gasteiger partial charge < -0.3 is 14.2 Å². The fraction of sp³-hybridized carbons (Fsp3) is 0.227. The molecule has 0 bridgehead atoms. The Hall–Kier alpha value is -3.59. The highest BCUT2D eigenvalue weighted by atomic mass is 32.1. The van der Waals surface area contributed by atoms with Gasteiger partial charge in [0.05, 0.1) is 17.7 Å². The molecule has 5 rings (SSSR count). The summed E-state index contributed by atoms with van der Waals surface area (Å²) in [7, 11) is 1.27. The van der Waals surface area contributed by atoms with Crippen LogP contribution in [0.4, 0.5) is 11.5 Å². The molecular weight excluding hydrogens is 420 g/mol. The smallest absolute Gasteiger partial charge is 0.325 e. The summed E-state index contributed by atoms with van der Waals surface area (Å²) in [4.78, 5) is 40.2. The van der Waals surface area contributed by atoms with Gasteiger partial charge in [-0.05, 0) is 29.8 Å². The van der Waals surface area contributed by atoms with E-state index in [1.54, 1.807) is 18.2 Å². The van der Waals surface area contributed by atoms with E-state index >= 15 is 0 Å². The Bertz CT molecular complexity index is 1230. The average Bonchev–Trinajstić information content (AvgIpc) is 3.38. The number of rotatable bonds is 4. The maximum absolute atomic E-state index is 13.3. The van der Waals surface area contributed by atoms with Crippen molar-refractivity contribution in [2.75, 3.05) is 18.8 Å². The molecule has 3 aromatic rings. The summed E-state index contributed by atoms with van der Waals surface area (Å²) in [6.07, 6.45) is 0.180. The zero-order valence-corrected chi connectivity index (χ0v) is 17.4. The van der Waals surface area contributed by atoms with Crippen LogP contribution in [-0.2, 0) is 20.9 Å². The Morgan fingerprint density at radius 3 is 2.68 bits per heavy atom. The molecule has 0 N–H and O–H groups in total. The number of carbonyl (C=O) groups is 2. The Labute approximate surface area is 181 Å². The quantitative estimate of drug-likeness (QED) is 0.582. The second kappa shape index (κ2) is 7.59. The Kier molecular flexibility index (Phi) is 4.74. The molecule has 9 heteroatoms. The maximum Gasteiger partial charge on any atom is 0.325 e. The molecule has 2 aliphatic rings. The summed E-state index contributed by atoms with van der Waals surface area (Å²) in [6.45, 7) is -0.121. The minimum Gasteiger partial charge on any atom is -0.468 e. The summed E-state index contributed by atoms with van der Waals surface area (Å²) >= 11 is 1.04. The number of fused-ring (bicyclic) bond motifs is 2. The highest BCUT2D eigenvalue weighted by Gasteiger charge is 2.38. The standard InChI is InChI=1S/C22H18N2O6S/c1-28-19(26)11-23-21-20(31-22(23)27)15(13-7-8-16-17(9-13)30-12-29-16)10-18(25)24(21)14-5-3-2-4-6-14/h2-9,15H,10-12H2,1H3. The molecule has 158 valence electrons. The molecule has 1 aromatic heterocycles. The summed E-state index contributed by atoms with van der Waals surface area (Å²) < 4.78 is 17.0. The highest BCUT2D eigenvalue weighted by molar-refractivity contribution is 7.10. The summed E-state index contributed by atoms with van der Waals surface area (Å²) in [5.41, 5.74) is 1.48. The third kappa shape index (κ3) is 3.27. The van der Waals surface area contributed by atoms with E-state index in [1.165, 1.54) is 16.6 Å². The Balaban J connectivity index is 1.68. The predicted molar refractivity (Wildman–Crippen MR) is 113 cm³/mol. The van der Waals surface area contributed by atoms with Gasteiger partial charge in [-0.15, -0.1) is 0 Å². The number of hydrogen-bond donors (Lipinski definition) is 0.